The topological polar surface area (TPSA) is 171 Å². The van der Waals surface area contributed by atoms with E-state index in [2.05, 4.69) is 4.90 Å². The molecule has 0 fully saturated rings. The maximum absolute atomic E-state index is 13.6. The van der Waals surface area contributed by atoms with Crippen molar-refractivity contribution in [1.82, 2.24) is 4.90 Å². The highest BCUT2D eigenvalue weighted by Crippen LogP contribution is 2.52. The quantitative estimate of drug-likeness (QED) is 0.306. The van der Waals surface area contributed by atoms with Gasteiger partial charge in [-0.05, 0) is 56.3 Å². The minimum absolute atomic E-state index is 0.0534. The number of carbonyl (C=O) groups is 3. The van der Waals surface area contributed by atoms with E-state index in [9.17, 15) is 34.8 Å². The van der Waals surface area contributed by atoms with Gasteiger partial charge in [0.25, 0.3) is 5.91 Å². The Balaban J connectivity index is 1.72. The molecule has 0 aromatic heterocycles. The summed E-state index contributed by atoms with van der Waals surface area (Å²) >= 11 is 6.78. The Kier molecular flexibility index (Phi) is 7.64. The van der Waals surface area contributed by atoms with Crippen molar-refractivity contribution < 1.29 is 39.5 Å². The number of hydrogen-bond acceptors (Lipinski definition) is 9. The highest BCUT2D eigenvalue weighted by molar-refractivity contribution is 6.33. The van der Waals surface area contributed by atoms with Crippen LogP contribution in [0.2, 0.25) is 5.02 Å². The Hall–Kier alpha value is -2.92. The van der Waals surface area contributed by atoms with E-state index in [4.69, 9.17) is 22.1 Å². The Morgan fingerprint density at radius 2 is 1.95 bits per heavy atom. The molecule has 0 heterocycles. The van der Waals surface area contributed by atoms with Crippen molar-refractivity contribution in [3.8, 4) is 5.75 Å². The number of primary amides is 1. The lowest BCUT2D eigenvalue weighted by atomic mass is 9.60. The summed E-state index contributed by atoms with van der Waals surface area (Å²) in [5.74, 6) is -6.64. The molecule has 11 heteroatoms. The summed E-state index contributed by atoms with van der Waals surface area (Å²) in [6.45, 7) is 8.19. The van der Waals surface area contributed by atoms with E-state index in [0.717, 1.165) is 0 Å². The third-order valence-electron chi connectivity index (χ3n) is 7.77. The Bertz CT molecular complexity index is 1270. The van der Waals surface area contributed by atoms with Crippen LogP contribution in [0.15, 0.2) is 28.7 Å². The van der Waals surface area contributed by atoms with Crippen LogP contribution in [0.4, 0.5) is 0 Å². The largest absolute Gasteiger partial charge is 0.511 e. The first-order valence-electron chi connectivity index (χ1n) is 12.7. The predicted molar refractivity (Wildman–Crippen MR) is 138 cm³/mol. The fourth-order valence-electron chi connectivity index (χ4n) is 5.84. The van der Waals surface area contributed by atoms with Gasteiger partial charge in [-0.25, -0.2) is 0 Å². The van der Waals surface area contributed by atoms with Crippen LogP contribution < -0.4 is 5.73 Å². The van der Waals surface area contributed by atoms with Crippen LogP contribution in [-0.2, 0) is 27.3 Å². The monoisotopic (exact) mass is 548 g/mol. The Morgan fingerprint density at radius 1 is 1.26 bits per heavy atom. The van der Waals surface area contributed by atoms with Crippen molar-refractivity contribution in [3.05, 3.63) is 50.4 Å². The molecule has 38 heavy (non-hydrogen) atoms. The number of nitrogens with zero attached hydrogens (tertiary/aromatic N) is 1. The molecule has 0 bridgehead atoms. The smallest absolute Gasteiger partial charge is 0.255 e. The maximum atomic E-state index is 13.6. The molecular formula is C27H33ClN2O8. The molecule has 1 amide bonds. The molecule has 3 aliphatic carbocycles. The lowest BCUT2D eigenvalue weighted by Crippen LogP contribution is -2.57. The second kappa shape index (κ2) is 10.3. The molecule has 4 rings (SSSR count). The van der Waals surface area contributed by atoms with E-state index in [1.165, 1.54) is 6.07 Å². The summed E-state index contributed by atoms with van der Waals surface area (Å²) in [5.41, 5.74) is 2.58. The maximum Gasteiger partial charge on any atom is 0.255 e. The van der Waals surface area contributed by atoms with Crippen molar-refractivity contribution >= 4 is 29.1 Å². The number of carbonyl (C=O) groups excluding carboxylic acids is 3. The minimum atomic E-state index is -2.59. The third kappa shape index (κ3) is 4.49. The number of ketones is 2. The number of rotatable bonds is 8. The number of halogens is 1. The first kappa shape index (κ1) is 28.1. The average molecular weight is 549 g/mol. The fourth-order valence-corrected chi connectivity index (χ4v) is 6.13. The number of nitrogens with two attached hydrogens (primary N) is 1. The number of aromatic hydroxyl groups is 1. The van der Waals surface area contributed by atoms with E-state index in [1.807, 2.05) is 20.8 Å². The Morgan fingerprint density at radius 3 is 2.55 bits per heavy atom. The third-order valence-corrected chi connectivity index (χ3v) is 8.24. The van der Waals surface area contributed by atoms with Crippen LogP contribution in [0, 0.1) is 11.8 Å². The molecule has 3 atom stereocenters. The number of phenolic OH excluding ortho intramolecular Hbond substituents is 1. The number of fused-ring (bicyclic) bond motifs is 3. The van der Waals surface area contributed by atoms with Gasteiger partial charge in [0.1, 0.15) is 22.8 Å². The molecule has 1 aromatic rings. The van der Waals surface area contributed by atoms with Gasteiger partial charge < -0.3 is 30.9 Å². The number of amides is 1. The van der Waals surface area contributed by atoms with Gasteiger partial charge in [0.05, 0.1) is 18.3 Å². The van der Waals surface area contributed by atoms with Crippen LogP contribution >= 0.6 is 11.6 Å². The molecular weight excluding hydrogens is 516 g/mol. The van der Waals surface area contributed by atoms with E-state index < -0.39 is 52.0 Å². The van der Waals surface area contributed by atoms with Crippen LogP contribution in [0.25, 0.3) is 0 Å². The number of aliphatic hydroxyl groups excluding tert-OH is 2. The van der Waals surface area contributed by atoms with Gasteiger partial charge in [-0.2, -0.15) is 0 Å². The summed E-state index contributed by atoms with van der Waals surface area (Å²) in [5, 5.41) is 43.9. The predicted octanol–water partition coefficient (Wildman–Crippen LogP) is 2.48. The SMILES string of the molecule is CCN(CCOC(C)C)Cc1cc(O)c2c(c1Cl)CC1C[C@H]3CC(O)=C(C(N)=O)C(=O)[C@@]3(O)C(O)=C1C2=O. The zero-order chi connectivity index (χ0) is 28.1. The average Bonchev–Trinajstić information content (AvgIpc) is 2.83. The molecule has 1 unspecified atom stereocenters. The van der Waals surface area contributed by atoms with Gasteiger partial charge in [-0.3, -0.25) is 19.3 Å². The molecule has 206 valence electrons. The number of allylic oxidation sites excluding steroid dienone is 2. The molecule has 10 nitrogen and oxygen atoms in total. The fraction of sp³-hybridized carbons (Fsp3) is 0.519. The zero-order valence-electron chi connectivity index (χ0n) is 21.6. The van der Waals surface area contributed by atoms with Gasteiger partial charge in [0, 0.05) is 36.0 Å². The van der Waals surface area contributed by atoms with Crippen molar-refractivity contribution in [2.24, 2.45) is 17.6 Å². The highest BCUT2D eigenvalue weighted by atomic mass is 35.5. The van der Waals surface area contributed by atoms with E-state index >= 15 is 0 Å². The summed E-state index contributed by atoms with van der Waals surface area (Å²) in [4.78, 5) is 40.5. The van der Waals surface area contributed by atoms with Crippen LogP contribution in [-0.4, -0.2) is 74.2 Å². The summed E-state index contributed by atoms with van der Waals surface area (Å²) in [6, 6.07) is 1.42. The highest BCUT2D eigenvalue weighted by Gasteiger charge is 2.59. The van der Waals surface area contributed by atoms with Gasteiger partial charge in [0.15, 0.2) is 11.4 Å². The van der Waals surface area contributed by atoms with Gasteiger partial charge in [0.2, 0.25) is 5.78 Å². The lowest BCUT2D eigenvalue weighted by Gasteiger charge is -2.45. The Labute approximate surface area is 225 Å². The zero-order valence-corrected chi connectivity index (χ0v) is 22.3. The van der Waals surface area contributed by atoms with Crippen molar-refractivity contribution in [2.75, 3.05) is 19.7 Å². The molecule has 0 saturated carbocycles. The van der Waals surface area contributed by atoms with Crippen LogP contribution in [0.5, 0.6) is 5.75 Å². The molecule has 0 radical (unpaired) electrons. The molecule has 3 aliphatic rings. The first-order valence-corrected chi connectivity index (χ1v) is 13.0. The summed E-state index contributed by atoms with van der Waals surface area (Å²) in [7, 11) is 0. The van der Waals surface area contributed by atoms with Gasteiger partial charge >= 0.3 is 0 Å². The van der Waals surface area contributed by atoms with E-state index in [-0.39, 0.29) is 42.3 Å². The number of benzene rings is 1. The second-order valence-electron chi connectivity index (χ2n) is 10.4. The van der Waals surface area contributed by atoms with Crippen LogP contribution in [0.1, 0.15) is 55.1 Å². The standard InChI is InChI=1S/C27H33ClN2O8/c1-4-30(5-6-38-12(2)3)11-14-9-17(31)20-16(22(14)28)8-13-7-15-10-18(32)21(26(29)36)25(35)27(15,37)24(34)19(13)23(20)33/h9,12-13,15,31-32,34,37H,4-8,10-11H2,1-3H3,(H2,29,36)/t13?,15-,27-/m0/s1. The normalized spacial score (nSPS) is 25.1. The number of ether oxygens (including phenoxy) is 1. The summed E-state index contributed by atoms with van der Waals surface area (Å²) in [6.07, 6.45) is 0.0371. The van der Waals surface area contributed by atoms with E-state index in [0.29, 0.717) is 42.4 Å². The number of hydrogen-bond donors (Lipinski definition) is 5. The lowest BCUT2D eigenvalue weighted by molar-refractivity contribution is -0.144. The van der Waals surface area contributed by atoms with Gasteiger partial charge in [-0.15, -0.1) is 0 Å². The summed E-state index contributed by atoms with van der Waals surface area (Å²) < 4.78 is 5.64. The number of phenols is 1. The molecule has 0 aliphatic heterocycles. The molecule has 0 saturated heterocycles. The molecule has 0 spiro atoms. The minimum Gasteiger partial charge on any atom is -0.511 e. The van der Waals surface area contributed by atoms with Crippen molar-refractivity contribution in [2.45, 2.75) is 58.3 Å². The van der Waals surface area contributed by atoms with Gasteiger partial charge in [-0.1, -0.05) is 18.5 Å². The number of likely N-dealkylation sites (N-methyl/N-ethyl adjacent to an activating group) is 1. The second-order valence-corrected chi connectivity index (χ2v) is 10.8. The number of aliphatic hydroxyl groups is 3. The van der Waals surface area contributed by atoms with E-state index in [1.54, 1.807) is 0 Å². The van der Waals surface area contributed by atoms with Crippen molar-refractivity contribution in [3.63, 3.8) is 0 Å². The number of Topliss-reactive ketones (excluding diaryl/α,β-unsaturated/α-hetero) is 2. The van der Waals surface area contributed by atoms with Crippen LogP contribution in [0.3, 0.4) is 0 Å². The first-order chi connectivity index (χ1) is 17.8. The molecule has 1 aromatic carbocycles. The van der Waals surface area contributed by atoms with Crippen molar-refractivity contribution in [1.29, 1.82) is 0 Å². The molecule has 6 N–H and O–H groups in total.